The van der Waals surface area contributed by atoms with Crippen LogP contribution in [0.25, 0.3) is 0 Å². The molecule has 0 aliphatic carbocycles. The van der Waals surface area contributed by atoms with Gasteiger partial charge >= 0.3 is 0 Å². The molecule has 108 valence electrons. The van der Waals surface area contributed by atoms with Crippen molar-refractivity contribution in [2.45, 2.75) is 23.4 Å². The van der Waals surface area contributed by atoms with Crippen molar-refractivity contribution in [3.05, 3.63) is 4.60 Å². The van der Waals surface area contributed by atoms with Crippen LogP contribution in [0.15, 0.2) is 9.63 Å². The Labute approximate surface area is 124 Å². The molecule has 0 unspecified atom stereocenters. The molecule has 7 nitrogen and oxygen atoms in total. The van der Waals surface area contributed by atoms with E-state index in [0.717, 1.165) is 0 Å². The van der Waals surface area contributed by atoms with Crippen LogP contribution in [0, 0.1) is 0 Å². The molecule has 1 saturated heterocycles. The second kappa shape index (κ2) is 5.65. The molecule has 0 atom stereocenters. The molecule has 1 fully saturated rings. The van der Waals surface area contributed by atoms with Gasteiger partial charge in [-0.05, 0) is 28.8 Å². The van der Waals surface area contributed by atoms with Crippen LogP contribution in [0.1, 0.15) is 12.8 Å². The Kier molecular flexibility index (Phi) is 4.51. The predicted octanol–water partition coefficient (Wildman–Crippen LogP) is 0.644. The zero-order valence-electron chi connectivity index (χ0n) is 10.3. The van der Waals surface area contributed by atoms with Crippen molar-refractivity contribution in [2.24, 2.45) is 7.05 Å². The smallest absolute Gasteiger partial charge is 0.261 e. The number of hydrogen-bond donors (Lipinski definition) is 1. The lowest BCUT2D eigenvalue weighted by Crippen LogP contribution is -2.53. The zero-order chi connectivity index (χ0) is 14.1. The van der Waals surface area contributed by atoms with Gasteiger partial charge in [-0.2, -0.15) is 0 Å². The van der Waals surface area contributed by atoms with Crippen LogP contribution >= 0.6 is 27.5 Å². The van der Waals surface area contributed by atoms with Crippen LogP contribution in [0.4, 0.5) is 0 Å². The highest BCUT2D eigenvalue weighted by molar-refractivity contribution is 9.10. The number of hydrogen-bond acceptors (Lipinski definition) is 5. The van der Waals surface area contributed by atoms with Crippen LogP contribution in [0.2, 0.25) is 0 Å². The fourth-order valence-corrected chi connectivity index (χ4v) is 4.94. The number of rotatable bonds is 4. The molecule has 1 aliphatic heterocycles. The van der Waals surface area contributed by atoms with Crippen LogP contribution in [-0.4, -0.2) is 48.0 Å². The second-order valence-electron chi connectivity index (χ2n) is 4.44. The van der Waals surface area contributed by atoms with Gasteiger partial charge in [-0.3, -0.25) is 0 Å². The van der Waals surface area contributed by atoms with Crippen molar-refractivity contribution < 1.29 is 13.2 Å². The van der Waals surface area contributed by atoms with Gasteiger partial charge in [0.15, 0.2) is 4.60 Å². The maximum Gasteiger partial charge on any atom is 0.261 e. The molecule has 1 aliphatic rings. The lowest BCUT2D eigenvalue weighted by molar-refractivity contribution is 0.0548. The van der Waals surface area contributed by atoms with Crippen molar-refractivity contribution in [1.82, 2.24) is 19.7 Å². The third-order valence-electron chi connectivity index (χ3n) is 3.05. The largest absolute Gasteiger partial charge is 0.381 e. The molecule has 10 heteroatoms. The van der Waals surface area contributed by atoms with Crippen molar-refractivity contribution in [2.75, 3.05) is 19.1 Å². The van der Waals surface area contributed by atoms with E-state index >= 15 is 0 Å². The quantitative estimate of drug-likeness (QED) is 0.783. The van der Waals surface area contributed by atoms with Crippen LogP contribution in [0.5, 0.6) is 0 Å². The van der Waals surface area contributed by atoms with Gasteiger partial charge in [-0.15, -0.1) is 16.7 Å². The number of nitrogens with one attached hydrogen (secondary N) is 1. The minimum absolute atomic E-state index is 0.0107. The minimum Gasteiger partial charge on any atom is -0.381 e. The SMILES string of the molecule is Cn1nnc(Br)c1S(=O)(=O)NC1(CCl)CCOCC1. The summed E-state index contributed by atoms with van der Waals surface area (Å²) >= 11 is 9.04. The number of aromatic nitrogens is 3. The zero-order valence-corrected chi connectivity index (χ0v) is 13.4. The molecule has 0 radical (unpaired) electrons. The van der Waals surface area contributed by atoms with Crippen LogP contribution in [0.3, 0.4) is 0 Å². The Morgan fingerprint density at radius 1 is 1.53 bits per heavy atom. The monoisotopic (exact) mass is 372 g/mol. The second-order valence-corrected chi connectivity index (χ2v) is 7.06. The molecule has 1 aromatic heterocycles. The average Bonchev–Trinajstić information content (AvgIpc) is 2.70. The molecule has 1 N–H and O–H groups in total. The first-order valence-electron chi connectivity index (χ1n) is 5.63. The van der Waals surface area contributed by atoms with E-state index in [0.29, 0.717) is 26.1 Å². The molecule has 19 heavy (non-hydrogen) atoms. The van der Waals surface area contributed by atoms with Gasteiger partial charge in [-0.25, -0.2) is 17.8 Å². The van der Waals surface area contributed by atoms with Gasteiger partial charge in [-0.1, -0.05) is 5.21 Å². The molecule has 0 bridgehead atoms. The molecule has 0 aromatic carbocycles. The van der Waals surface area contributed by atoms with Crippen LogP contribution in [-0.2, 0) is 21.8 Å². The summed E-state index contributed by atoms with van der Waals surface area (Å²) < 4.78 is 34.2. The highest BCUT2D eigenvalue weighted by Crippen LogP contribution is 2.26. The molecule has 2 heterocycles. The molecule has 0 saturated carbocycles. The highest BCUT2D eigenvalue weighted by atomic mass is 79.9. The number of alkyl halides is 1. The minimum atomic E-state index is -3.75. The van der Waals surface area contributed by atoms with Crippen molar-refractivity contribution in [3.8, 4) is 0 Å². The maximum absolute atomic E-state index is 12.4. The van der Waals surface area contributed by atoms with E-state index in [1.165, 1.54) is 11.7 Å². The number of aryl methyl sites for hydroxylation is 1. The summed E-state index contributed by atoms with van der Waals surface area (Å²) in [5.41, 5.74) is -0.678. The summed E-state index contributed by atoms with van der Waals surface area (Å²) in [6.45, 7) is 0.972. The number of sulfonamides is 1. The molecular formula is C9H14BrClN4O3S. The van der Waals surface area contributed by atoms with E-state index in [1.807, 2.05) is 0 Å². The van der Waals surface area contributed by atoms with Gasteiger partial charge in [0.05, 0.1) is 5.54 Å². The Balaban J connectivity index is 2.30. The van der Waals surface area contributed by atoms with E-state index in [4.69, 9.17) is 16.3 Å². The van der Waals surface area contributed by atoms with Crippen molar-refractivity contribution in [1.29, 1.82) is 0 Å². The first kappa shape index (κ1) is 15.2. The number of ether oxygens (including phenoxy) is 1. The number of halogens is 2. The van der Waals surface area contributed by atoms with Gasteiger partial charge in [0.1, 0.15) is 0 Å². The van der Waals surface area contributed by atoms with Crippen molar-refractivity contribution >= 4 is 37.6 Å². The summed E-state index contributed by atoms with van der Waals surface area (Å²) in [4.78, 5) is 0. The lowest BCUT2D eigenvalue weighted by atomic mass is 9.94. The first-order chi connectivity index (χ1) is 8.90. The van der Waals surface area contributed by atoms with Gasteiger partial charge < -0.3 is 4.74 Å². The Hall–Kier alpha value is -0.220. The molecule has 1 aromatic rings. The van der Waals surface area contributed by atoms with Gasteiger partial charge in [0, 0.05) is 26.1 Å². The number of nitrogens with zero attached hydrogens (tertiary/aromatic N) is 3. The predicted molar refractivity (Wildman–Crippen MR) is 72.5 cm³/mol. The Morgan fingerprint density at radius 3 is 2.63 bits per heavy atom. The lowest BCUT2D eigenvalue weighted by Gasteiger charge is -2.35. The van der Waals surface area contributed by atoms with Gasteiger partial charge in [0.25, 0.3) is 10.0 Å². The first-order valence-corrected chi connectivity index (χ1v) is 8.44. The molecule has 0 spiro atoms. The molecule has 0 amide bonds. The maximum atomic E-state index is 12.4. The fraction of sp³-hybridized carbons (Fsp3) is 0.778. The van der Waals surface area contributed by atoms with Gasteiger partial charge in [0.2, 0.25) is 5.03 Å². The summed E-state index contributed by atoms with van der Waals surface area (Å²) in [7, 11) is -2.23. The topological polar surface area (TPSA) is 86.1 Å². The van der Waals surface area contributed by atoms with E-state index in [1.54, 1.807) is 0 Å². The summed E-state index contributed by atoms with van der Waals surface area (Å²) in [6.07, 6.45) is 1.08. The standard InChI is InChI=1S/C9H14BrClN4O3S/c1-15-8(7(10)12-14-15)19(16,17)13-9(6-11)2-4-18-5-3-9/h13H,2-6H2,1H3. The summed E-state index contributed by atoms with van der Waals surface area (Å²) in [5.74, 6) is 0.193. The molecule has 2 rings (SSSR count). The Bertz CT molecular complexity index is 536. The normalized spacial score (nSPS) is 19.5. The highest BCUT2D eigenvalue weighted by Gasteiger charge is 2.38. The van der Waals surface area contributed by atoms with E-state index < -0.39 is 15.6 Å². The summed E-state index contributed by atoms with van der Waals surface area (Å²) in [5, 5.41) is 7.33. The third-order valence-corrected chi connectivity index (χ3v) is 6.02. The van der Waals surface area contributed by atoms with E-state index in [2.05, 4.69) is 31.0 Å². The van der Waals surface area contributed by atoms with E-state index in [-0.39, 0.29) is 15.5 Å². The Morgan fingerprint density at radius 2 is 2.16 bits per heavy atom. The molecular weight excluding hydrogens is 360 g/mol. The van der Waals surface area contributed by atoms with Crippen LogP contribution < -0.4 is 4.72 Å². The summed E-state index contributed by atoms with van der Waals surface area (Å²) in [6, 6.07) is 0. The van der Waals surface area contributed by atoms with Crippen molar-refractivity contribution in [3.63, 3.8) is 0 Å². The van der Waals surface area contributed by atoms with E-state index in [9.17, 15) is 8.42 Å². The average molecular weight is 374 g/mol. The fourth-order valence-electron chi connectivity index (χ4n) is 1.97. The third kappa shape index (κ3) is 3.10.